The van der Waals surface area contributed by atoms with E-state index >= 15 is 0 Å². The molecule has 0 radical (unpaired) electrons. The van der Waals surface area contributed by atoms with Crippen LogP contribution in [0.25, 0.3) is 0 Å². The number of carbonyl (C=O) groups excluding carboxylic acids is 2. The van der Waals surface area contributed by atoms with Gasteiger partial charge in [0.05, 0.1) is 6.61 Å². The fourth-order valence-corrected chi connectivity index (χ4v) is 4.34. The van der Waals surface area contributed by atoms with Crippen LogP contribution in [-0.4, -0.2) is 61.0 Å². The second kappa shape index (κ2) is 9.90. The van der Waals surface area contributed by atoms with Crippen LogP contribution >= 0.6 is 0 Å². The van der Waals surface area contributed by atoms with E-state index in [4.69, 9.17) is 14.2 Å². The van der Waals surface area contributed by atoms with Gasteiger partial charge in [-0.1, -0.05) is 6.92 Å². The highest BCUT2D eigenvalue weighted by Crippen LogP contribution is 2.28. The predicted octanol–water partition coefficient (Wildman–Crippen LogP) is 3.61. The van der Waals surface area contributed by atoms with Crippen molar-refractivity contribution in [2.75, 3.05) is 31.1 Å². The lowest BCUT2D eigenvalue weighted by Gasteiger charge is -2.41. The molecule has 1 aromatic carbocycles. The number of nitrogens with zero attached hydrogens (tertiary/aromatic N) is 2. The monoisotopic (exact) mass is 432 g/mol. The van der Waals surface area contributed by atoms with E-state index in [1.54, 1.807) is 13.8 Å². The number of anilines is 1. The highest BCUT2D eigenvalue weighted by atomic mass is 16.8. The van der Waals surface area contributed by atoms with E-state index in [0.29, 0.717) is 26.0 Å². The maximum atomic E-state index is 12.9. The number of esters is 1. The molecule has 2 aliphatic heterocycles. The molecular weight excluding hydrogens is 396 g/mol. The van der Waals surface area contributed by atoms with E-state index in [1.165, 1.54) is 0 Å². The van der Waals surface area contributed by atoms with E-state index in [1.807, 2.05) is 24.0 Å². The Morgan fingerprint density at radius 1 is 1.26 bits per heavy atom. The van der Waals surface area contributed by atoms with Crippen LogP contribution in [0.15, 0.2) is 24.3 Å². The van der Waals surface area contributed by atoms with Gasteiger partial charge in [0.2, 0.25) is 11.7 Å². The van der Waals surface area contributed by atoms with Gasteiger partial charge in [-0.05, 0) is 56.9 Å². The van der Waals surface area contributed by atoms with Gasteiger partial charge in [0.25, 0.3) is 0 Å². The molecule has 0 aromatic heterocycles. The van der Waals surface area contributed by atoms with Crippen molar-refractivity contribution < 1.29 is 23.8 Å². The first-order valence-electron chi connectivity index (χ1n) is 11.4. The van der Waals surface area contributed by atoms with Crippen molar-refractivity contribution in [2.45, 2.75) is 71.8 Å². The zero-order valence-electron chi connectivity index (χ0n) is 19.4. The molecule has 0 bridgehead atoms. The minimum atomic E-state index is -0.848. The highest BCUT2D eigenvalue weighted by molar-refractivity contribution is 5.77. The van der Waals surface area contributed by atoms with Crippen molar-refractivity contribution in [1.82, 2.24) is 4.90 Å². The molecule has 31 heavy (non-hydrogen) atoms. The quantitative estimate of drug-likeness (QED) is 0.585. The van der Waals surface area contributed by atoms with Gasteiger partial charge in [-0.3, -0.25) is 4.79 Å². The summed E-state index contributed by atoms with van der Waals surface area (Å²) >= 11 is 0. The number of cyclic esters (lactones) is 1. The van der Waals surface area contributed by atoms with Crippen LogP contribution in [0, 0.1) is 5.92 Å². The number of amides is 1. The Morgan fingerprint density at radius 2 is 1.97 bits per heavy atom. The Morgan fingerprint density at radius 3 is 2.55 bits per heavy atom. The smallest absolute Gasteiger partial charge is 0.337 e. The Kier molecular flexibility index (Phi) is 7.46. The van der Waals surface area contributed by atoms with Gasteiger partial charge in [-0.25, -0.2) is 4.79 Å². The van der Waals surface area contributed by atoms with Gasteiger partial charge in [-0.2, -0.15) is 0 Å². The van der Waals surface area contributed by atoms with Gasteiger partial charge in [-0.15, -0.1) is 0 Å². The molecule has 7 heteroatoms. The summed E-state index contributed by atoms with van der Waals surface area (Å²) in [5.41, 5.74) is 1.15. The molecular formula is C24H36N2O5. The van der Waals surface area contributed by atoms with E-state index in [2.05, 4.69) is 30.9 Å². The summed E-state index contributed by atoms with van der Waals surface area (Å²) < 4.78 is 16.4. The van der Waals surface area contributed by atoms with Crippen LogP contribution in [-0.2, 0) is 19.1 Å². The van der Waals surface area contributed by atoms with Crippen molar-refractivity contribution in [1.29, 1.82) is 0 Å². The lowest BCUT2D eigenvalue weighted by Crippen LogP contribution is -2.54. The SMILES string of the molecule is CCOc1ccc(N2CCN(C(=O)CC(C)CC[C@@H]3OC(C)(C)OC3=O)[C@H](C)C2)cc1. The molecule has 0 aliphatic carbocycles. The summed E-state index contributed by atoms with van der Waals surface area (Å²) in [5, 5.41) is 0. The summed E-state index contributed by atoms with van der Waals surface area (Å²) in [6, 6.07) is 8.29. The molecule has 2 aliphatic rings. The topological polar surface area (TPSA) is 68.3 Å². The maximum Gasteiger partial charge on any atom is 0.337 e. The number of piperazine rings is 1. The number of ether oxygens (including phenoxy) is 3. The summed E-state index contributed by atoms with van der Waals surface area (Å²) in [7, 11) is 0. The molecule has 1 amide bonds. The largest absolute Gasteiger partial charge is 0.494 e. The molecule has 1 aromatic rings. The summed E-state index contributed by atoms with van der Waals surface area (Å²) in [5.74, 6) is 0.0919. The van der Waals surface area contributed by atoms with E-state index in [0.717, 1.165) is 30.9 Å². The van der Waals surface area contributed by atoms with E-state index < -0.39 is 11.9 Å². The first kappa shape index (κ1) is 23.4. The fraction of sp³-hybridized carbons (Fsp3) is 0.667. The van der Waals surface area contributed by atoms with Crippen molar-refractivity contribution in [3.8, 4) is 5.75 Å². The molecule has 1 unspecified atom stereocenters. The van der Waals surface area contributed by atoms with Crippen LogP contribution in [0.2, 0.25) is 0 Å². The Balaban J connectivity index is 1.45. The molecule has 2 fully saturated rings. The third-order valence-electron chi connectivity index (χ3n) is 5.94. The number of benzene rings is 1. The van der Waals surface area contributed by atoms with Crippen molar-refractivity contribution in [3.63, 3.8) is 0 Å². The number of hydrogen-bond acceptors (Lipinski definition) is 6. The van der Waals surface area contributed by atoms with Crippen LogP contribution < -0.4 is 9.64 Å². The maximum absolute atomic E-state index is 12.9. The molecule has 0 N–H and O–H groups in total. The van der Waals surface area contributed by atoms with Crippen LogP contribution in [0.3, 0.4) is 0 Å². The zero-order chi connectivity index (χ0) is 22.6. The van der Waals surface area contributed by atoms with E-state index in [9.17, 15) is 9.59 Å². The minimum Gasteiger partial charge on any atom is -0.494 e. The summed E-state index contributed by atoms with van der Waals surface area (Å²) in [6.45, 7) is 12.6. The Hall–Kier alpha value is -2.28. The van der Waals surface area contributed by atoms with Crippen LogP contribution in [0.4, 0.5) is 5.69 Å². The average molecular weight is 433 g/mol. The third kappa shape index (κ3) is 6.12. The van der Waals surface area contributed by atoms with Crippen molar-refractivity contribution in [2.24, 2.45) is 5.92 Å². The lowest BCUT2D eigenvalue weighted by atomic mass is 9.98. The van der Waals surface area contributed by atoms with Gasteiger partial charge in [0.15, 0.2) is 6.10 Å². The van der Waals surface area contributed by atoms with Gasteiger partial charge >= 0.3 is 5.97 Å². The molecule has 7 nitrogen and oxygen atoms in total. The van der Waals surface area contributed by atoms with E-state index in [-0.39, 0.29) is 23.8 Å². The van der Waals surface area contributed by atoms with Crippen LogP contribution in [0.1, 0.15) is 53.9 Å². The van der Waals surface area contributed by atoms with Gasteiger partial charge < -0.3 is 24.0 Å². The number of hydrogen-bond donors (Lipinski definition) is 0. The Labute approximate surface area is 185 Å². The lowest BCUT2D eigenvalue weighted by molar-refractivity contribution is -0.161. The molecule has 2 saturated heterocycles. The van der Waals surface area contributed by atoms with Gasteiger partial charge in [0.1, 0.15) is 5.75 Å². The molecule has 0 spiro atoms. The highest BCUT2D eigenvalue weighted by Gasteiger charge is 2.40. The van der Waals surface area contributed by atoms with Crippen LogP contribution in [0.5, 0.6) is 5.75 Å². The fourth-order valence-electron chi connectivity index (χ4n) is 4.34. The standard InChI is InChI=1S/C24H36N2O5/c1-6-29-20-10-8-19(9-11-20)25-13-14-26(18(3)16-25)22(27)15-17(2)7-12-21-23(28)31-24(4,5)30-21/h8-11,17-18,21H,6-7,12-16H2,1-5H3/t17?,18-,21+/m1/s1. The molecule has 172 valence electrons. The Bertz CT molecular complexity index is 764. The third-order valence-corrected chi connectivity index (χ3v) is 5.94. The minimum absolute atomic E-state index is 0.147. The number of carbonyl (C=O) groups is 2. The second-order valence-corrected chi connectivity index (χ2v) is 9.12. The van der Waals surface area contributed by atoms with Crippen molar-refractivity contribution in [3.05, 3.63) is 24.3 Å². The molecule has 3 atom stereocenters. The second-order valence-electron chi connectivity index (χ2n) is 9.12. The molecule has 2 heterocycles. The first-order valence-corrected chi connectivity index (χ1v) is 11.4. The molecule has 0 saturated carbocycles. The average Bonchev–Trinajstić information content (AvgIpc) is 2.98. The van der Waals surface area contributed by atoms with Gasteiger partial charge in [0, 0.05) is 51.6 Å². The normalized spacial score (nSPS) is 24.1. The number of rotatable bonds is 8. The summed E-state index contributed by atoms with van der Waals surface area (Å²) in [4.78, 5) is 29.1. The van der Waals surface area contributed by atoms with Crippen molar-refractivity contribution >= 4 is 17.6 Å². The predicted molar refractivity (Wildman–Crippen MR) is 119 cm³/mol. The zero-order valence-corrected chi connectivity index (χ0v) is 19.4. The molecule has 3 rings (SSSR count). The summed E-state index contributed by atoms with van der Waals surface area (Å²) in [6.07, 6.45) is 1.29. The first-order chi connectivity index (χ1) is 14.7.